The molecule has 0 aliphatic heterocycles. The lowest BCUT2D eigenvalue weighted by atomic mass is 10.0. The number of amides is 1. The van der Waals surface area contributed by atoms with Crippen LogP contribution in [0.2, 0.25) is 0 Å². The monoisotopic (exact) mass is 329 g/mol. The summed E-state index contributed by atoms with van der Waals surface area (Å²) < 4.78 is 5.62. The van der Waals surface area contributed by atoms with Gasteiger partial charge in [-0.15, -0.1) is 0 Å². The van der Waals surface area contributed by atoms with Crippen molar-refractivity contribution in [3.63, 3.8) is 0 Å². The highest BCUT2D eigenvalue weighted by Crippen LogP contribution is 2.22. The molecule has 0 aliphatic carbocycles. The SMILES string of the molecule is COc1ccc(Br)c(C(=O)NC(C(=O)O)C(C)C)c1. The van der Waals surface area contributed by atoms with Gasteiger partial charge in [0.1, 0.15) is 11.8 Å². The van der Waals surface area contributed by atoms with Crippen LogP contribution in [0.4, 0.5) is 0 Å². The first-order valence-electron chi connectivity index (χ1n) is 5.74. The molecule has 1 aromatic rings. The molecule has 0 aromatic heterocycles. The highest BCUT2D eigenvalue weighted by atomic mass is 79.9. The van der Waals surface area contributed by atoms with Crippen LogP contribution >= 0.6 is 15.9 Å². The van der Waals surface area contributed by atoms with Gasteiger partial charge in [0.15, 0.2) is 0 Å². The molecule has 0 aliphatic rings. The van der Waals surface area contributed by atoms with E-state index in [0.29, 0.717) is 15.8 Å². The minimum Gasteiger partial charge on any atom is -0.497 e. The summed E-state index contributed by atoms with van der Waals surface area (Å²) in [6.07, 6.45) is 0. The van der Waals surface area contributed by atoms with E-state index in [1.54, 1.807) is 32.0 Å². The highest BCUT2D eigenvalue weighted by molar-refractivity contribution is 9.10. The molecule has 1 aromatic carbocycles. The van der Waals surface area contributed by atoms with Crippen LogP contribution < -0.4 is 10.1 Å². The maximum atomic E-state index is 12.1. The largest absolute Gasteiger partial charge is 0.497 e. The molecule has 1 atom stereocenters. The number of benzene rings is 1. The predicted molar refractivity (Wildman–Crippen MR) is 74.4 cm³/mol. The van der Waals surface area contributed by atoms with E-state index < -0.39 is 17.9 Å². The number of aliphatic carboxylic acids is 1. The number of ether oxygens (including phenoxy) is 1. The van der Waals surface area contributed by atoms with Crippen molar-refractivity contribution >= 4 is 27.8 Å². The van der Waals surface area contributed by atoms with Gasteiger partial charge >= 0.3 is 5.97 Å². The lowest BCUT2D eigenvalue weighted by molar-refractivity contribution is -0.140. The van der Waals surface area contributed by atoms with Gasteiger partial charge in [-0.25, -0.2) is 4.79 Å². The molecule has 0 spiro atoms. The lowest BCUT2D eigenvalue weighted by Gasteiger charge is -2.18. The average Bonchev–Trinajstić information content (AvgIpc) is 2.35. The summed E-state index contributed by atoms with van der Waals surface area (Å²) in [7, 11) is 1.50. The third-order valence-electron chi connectivity index (χ3n) is 2.64. The maximum absolute atomic E-state index is 12.1. The molecule has 5 nitrogen and oxygen atoms in total. The van der Waals surface area contributed by atoms with Crippen molar-refractivity contribution < 1.29 is 19.4 Å². The molecule has 104 valence electrons. The van der Waals surface area contributed by atoms with Gasteiger partial charge in [0, 0.05) is 4.47 Å². The molecule has 6 heteroatoms. The summed E-state index contributed by atoms with van der Waals surface area (Å²) in [5.74, 6) is -1.18. The van der Waals surface area contributed by atoms with Gasteiger partial charge in [-0.05, 0) is 40.0 Å². The molecule has 1 unspecified atom stereocenters. The predicted octanol–water partition coefficient (Wildman–Crippen LogP) is 2.30. The van der Waals surface area contributed by atoms with Crippen LogP contribution in [-0.2, 0) is 4.79 Å². The van der Waals surface area contributed by atoms with E-state index in [2.05, 4.69) is 21.2 Å². The fourth-order valence-electron chi connectivity index (χ4n) is 1.54. The van der Waals surface area contributed by atoms with Crippen molar-refractivity contribution in [1.29, 1.82) is 0 Å². The van der Waals surface area contributed by atoms with E-state index in [0.717, 1.165) is 0 Å². The number of rotatable bonds is 5. The Balaban J connectivity index is 2.97. The zero-order valence-corrected chi connectivity index (χ0v) is 12.5. The summed E-state index contributed by atoms with van der Waals surface area (Å²) in [5.41, 5.74) is 0.339. The van der Waals surface area contributed by atoms with Gasteiger partial charge < -0.3 is 15.2 Å². The smallest absolute Gasteiger partial charge is 0.326 e. The standard InChI is InChI=1S/C13H16BrNO4/c1-7(2)11(13(17)18)15-12(16)9-6-8(19-3)4-5-10(9)14/h4-7,11H,1-3H3,(H,15,16)(H,17,18). The van der Waals surface area contributed by atoms with E-state index in [1.165, 1.54) is 7.11 Å². The second kappa shape index (κ2) is 6.56. The minimum absolute atomic E-state index is 0.203. The number of hydrogen-bond donors (Lipinski definition) is 2. The van der Waals surface area contributed by atoms with Gasteiger partial charge in [-0.2, -0.15) is 0 Å². The number of halogens is 1. The van der Waals surface area contributed by atoms with Crippen molar-refractivity contribution in [2.45, 2.75) is 19.9 Å². The molecule has 1 amide bonds. The quantitative estimate of drug-likeness (QED) is 0.869. The number of nitrogens with one attached hydrogen (secondary N) is 1. The Morgan fingerprint density at radius 1 is 1.37 bits per heavy atom. The lowest BCUT2D eigenvalue weighted by Crippen LogP contribution is -2.44. The Kier molecular flexibility index (Phi) is 5.35. The molecule has 0 saturated carbocycles. The molecule has 19 heavy (non-hydrogen) atoms. The molecule has 1 rings (SSSR count). The van der Waals surface area contributed by atoms with Gasteiger partial charge in [0.05, 0.1) is 12.7 Å². The first-order chi connectivity index (χ1) is 8.86. The summed E-state index contributed by atoms with van der Waals surface area (Å²) in [6, 6.07) is 4.01. The second-order valence-electron chi connectivity index (χ2n) is 4.38. The first kappa shape index (κ1) is 15.5. The summed E-state index contributed by atoms with van der Waals surface area (Å²) in [5, 5.41) is 11.6. The normalized spacial score (nSPS) is 12.1. The molecule has 0 bridgehead atoms. The fraction of sp³-hybridized carbons (Fsp3) is 0.385. The van der Waals surface area contributed by atoms with Crippen molar-refractivity contribution in [2.75, 3.05) is 7.11 Å². The van der Waals surface area contributed by atoms with Crippen LogP contribution in [-0.4, -0.2) is 30.1 Å². The van der Waals surface area contributed by atoms with Crippen LogP contribution in [0, 0.1) is 5.92 Å². The Labute approximate surface area is 120 Å². The van der Waals surface area contributed by atoms with E-state index in [9.17, 15) is 9.59 Å². The minimum atomic E-state index is -1.05. The second-order valence-corrected chi connectivity index (χ2v) is 5.23. The molecule has 0 radical (unpaired) electrons. The first-order valence-corrected chi connectivity index (χ1v) is 6.53. The molecule has 0 saturated heterocycles. The summed E-state index contributed by atoms with van der Waals surface area (Å²) in [6.45, 7) is 3.47. The average molecular weight is 330 g/mol. The van der Waals surface area contributed by atoms with E-state index in [1.807, 2.05) is 0 Å². The zero-order valence-electron chi connectivity index (χ0n) is 10.9. The van der Waals surface area contributed by atoms with Gasteiger partial charge in [-0.1, -0.05) is 13.8 Å². The van der Waals surface area contributed by atoms with E-state index in [4.69, 9.17) is 9.84 Å². The van der Waals surface area contributed by atoms with E-state index >= 15 is 0 Å². The number of hydrogen-bond acceptors (Lipinski definition) is 3. The van der Waals surface area contributed by atoms with Crippen molar-refractivity contribution in [1.82, 2.24) is 5.32 Å². The van der Waals surface area contributed by atoms with Gasteiger partial charge in [0.25, 0.3) is 5.91 Å². The molecular formula is C13H16BrNO4. The van der Waals surface area contributed by atoms with Crippen molar-refractivity contribution in [3.8, 4) is 5.75 Å². The molecule has 0 heterocycles. The Bertz CT molecular complexity index is 488. The molecule has 2 N–H and O–H groups in total. The van der Waals surface area contributed by atoms with Crippen LogP contribution in [0.3, 0.4) is 0 Å². The number of carbonyl (C=O) groups excluding carboxylic acids is 1. The zero-order chi connectivity index (χ0) is 14.6. The number of methoxy groups -OCH3 is 1. The van der Waals surface area contributed by atoms with Crippen LogP contribution in [0.1, 0.15) is 24.2 Å². The topological polar surface area (TPSA) is 75.6 Å². The number of carboxylic acid groups (broad SMARTS) is 1. The van der Waals surface area contributed by atoms with Crippen molar-refractivity contribution in [3.05, 3.63) is 28.2 Å². The fourth-order valence-corrected chi connectivity index (χ4v) is 1.96. The van der Waals surface area contributed by atoms with Gasteiger partial charge in [0.2, 0.25) is 0 Å². The molecule has 0 fully saturated rings. The third-order valence-corrected chi connectivity index (χ3v) is 3.33. The number of carbonyl (C=O) groups is 2. The van der Waals surface area contributed by atoms with E-state index in [-0.39, 0.29) is 5.92 Å². The van der Waals surface area contributed by atoms with Crippen LogP contribution in [0.25, 0.3) is 0 Å². The number of carboxylic acids is 1. The van der Waals surface area contributed by atoms with Gasteiger partial charge in [-0.3, -0.25) is 4.79 Å². The van der Waals surface area contributed by atoms with Crippen LogP contribution in [0.5, 0.6) is 5.75 Å². The summed E-state index contributed by atoms with van der Waals surface area (Å²) in [4.78, 5) is 23.2. The molecular weight excluding hydrogens is 314 g/mol. The summed E-state index contributed by atoms with van der Waals surface area (Å²) >= 11 is 3.26. The third kappa shape index (κ3) is 3.96. The highest BCUT2D eigenvalue weighted by Gasteiger charge is 2.24. The Morgan fingerprint density at radius 3 is 2.47 bits per heavy atom. The Hall–Kier alpha value is -1.56. The van der Waals surface area contributed by atoms with Crippen LogP contribution in [0.15, 0.2) is 22.7 Å². The van der Waals surface area contributed by atoms with Crippen molar-refractivity contribution in [2.24, 2.45) is 5.92 Å². The Morgan fingerprint density at radius 2 is 2.00 bits per heavy atom. The maximum Gasteiger partial charge on any atom is 0.326 e.